The Kier molecular flexibility index (Phi) is 3.71. The Morgan fingerprint density at radius 1 is 1.30 bits per heavy atom. The van der Waals surface area contributed by atoms with Gasteiger partial charge >= 0.3 is 0 Å². The maximum absolute atomic E-state index is 5.50. The van der Waals surface area contributed by atoms with E-state index in [-0.39, 0.29) is 0 Å². The zero-order valence-corrected chi connectivity index (χ0v) is 13.2. The van der Waals surface area contributed by atoms with Crippen molar-refractivity contribution in [2.24, 2.45) is 0 Å². The maximum atomic E-state index is 5.50. The van der Waals surface area contributed by atoms with E-state index in [1.165, 1.54) is 17.5 Å². The van der Waals surface area contributed by atoms with Crippen molar-refractivity contribution in [3.63, 3.8) is 0 Å². The molecule has 1 aliphatic rings. The summed E-state index contributed by atoms with van der Waals surface area (Å²) in [5, 5.41) is 11.4. The van der Waals surface area contributed by atoms with Crippen molar-refractivity contribution in [1.82, 2.24) is 20.3 Å². The van der Waals surface area contributed by atoms with Gasteiger partial charge in [-0.2, -0.15) is 5.10 Å². The number of rotatable bonds is 4. The van der Waals surface area contributed by atoms with Crippen LogP contribution in [0.15, 0.2) is 47.1 Å². The first-order valence-electron chi connectivity index (χ1n) is 8.06. The van der Waals surface area contributed by atoms with Crippen molar-refractivity contribution in [3.8, 4) is 11.3 Å². The van der Waals surface area contributed by atoms with Crippen LogP contribution in [-0.4, -0.2) is 26.8 Å². The van der Waals surface area contributed by atoms with Gasteiger partial charge < -0.3 is 4.52 Å². The molecule has 2 aromatic heterocycles. The largest absolute Gasteiger partial charge is 0.359 e. The van der Waals surface area contributed by atoms with Crippen molar-refractivity contribution < 1.29 is 4.52 Å². The Morgan fingerprint density at radius 3 is 2.96 bits per heavy atom. The summed E-state index contributed by atoms with van der Waals surface area (Å²) in [5.74, 6) is 0.977. The van der Waals surface area contributed by atoms with E-state index in [0.717, 1.165) is 36.7 Å². The molecular weight excluding hydrogens is 288 g/mol. The summed E-state index contributed by atoms with van der Waals surface area (Å²) in [6, 6.07) is 12.7. The highest BCUT2D eigenvalue weighted by molar-refractivity contribution is 5.62. The van der Waals surface area contributed by atoms with Gasteiger partial charge in [-0.05, 0) is 31.9 Å². The second-order valence-electron chi connectivity index (χ2n) is 6.14. The fraction of sp³-hybridized carbons (Fsp3) is 0.333. The van der Waals surface area contributed by atoms with Crippen LogP contribution < -0.4 is 0 Å². The Balaban J connectivity index is 1.58. The van der Waals surface area contributed by atoms with Gasteiger partial charge in [0.15, 0.2) is 5.76 Å². The zero-order valence-electron chi connectivity index (χ0n) is 13.2. The molecule has 0 amide bonds. The Morgan fingerprint density at radius 2 is 2.17 bits per heavy atom. The Bertz CT molecular complexity index is 777. The number of aromatic amines is 1. The summed E-state index contributed by atoms with van der Waals surface area (Å²) in [7, 11) is 0. The van der Waals surface area contributed by atoms with E-state index in [9.17, 15) is 0 Å². The molecule has 1 fully saturated rings. The summed E-state index contributed by atoms with van der Waals surface area (Å²) in [6.07, 6.45) is 4.24. The number of likely N-dealkylation sites (tertiary alicyclic amines) is 1. The fourth-order valence-electron chi connectivity index (χ4n) is 3.38. The summed E-state index contributed by atoms with van der Waals surface area (Å²) >= 11 is 0. The van der Waals surface area contributed by atoms with E-state index in [2.05, 4.69) is 50.6 Å². The lowest BCUT2D eigenvalue weighted by Gasteiger charge is -2.22. The summed E-state index contributed by atoms with van der Waals surface area (Å²) in [6.45, 7) is 3.91. The maximum Gasteiger partial charge on any atom is 0.154 e. The second-order valence-corrected chi connectivity index (χ2v) is 6.14. The lowest BCUT2D eigenvalue weighted by atomic mass is 10.1. The molecule has 0 spiro atoms. The van der Waals surface area contributed by atoms with E-state index >= 15 is 0 Å². The number of aromatic nitrogens is 3. The topological polar surface area (TPSA) is 58.0 Å². The van der Waals surface area contributed by atoms with Crippen LogP contribution in [0.4, 0.5) is 0 Å². The highest BCUT2D eigenvalue weighted by Gasteiger charge is 2.29. The van der Waals surface area contributed by atoms with Crippen molar-refractivity contribution >= 4 is 0 Å². The van der Waals surface area contributed by atoms with E-state index < -0.39 is 0 Å². The van der Waals surface area contributed by atoms with Gasteiger partial charge in [-0.1, -0.05) is 35.5 Å². The molecule has 23 heavy (non-hydrogen) atoms. The van der Waals surface area contributed by atoms with Gasteiger partial charge in [-0.15, -0.1) is 0 Å². The molecule has 118 valence electrons. The summed E-state index contributed by atoms with van der Waals surface area (Å²) in [4.78, 5) is 2.46. The number of hydrogen-bond donors (Lipinski definition) is 1. The minimum Gasteiger partial charge on any atom is -0.359 e. The lowest BCUT2D eigenvalue weighted by Crippen LogP contribution is -2.22. The number of nitrogens with one attached hydrogen (secondary N) is 1. The molecule has 0 unspecified atom stereocenters. The van der Waals surface area contributed by atoms with Crippen LogP contribution in [0.25, 0.3) is 11.3 Å². The average Bonchev–Trinajstić information content (AvgIpc) is 3.29. The first-order chi connectivity index (χ1) is 11.3. The molecule has 1 aliphatic heterocycles. The molecule has 5 heteroatoms. The summed E-state index contributed by atoms with van der Waals surface area (Å²) < 4.78 is 5.50. The molecule has 0 radical (unpaired) electrons. The molecule has 4 rings (SSSR count). The van der Waals surface area contributed by atoms with Crippen LogP contribution in [-0.2, 0) is 6.54 Å². The average molecular weight is 308 g/mol. The third kappa shape index (κ3) is 2.80. The van der Waals surface area contributed by atoms with Crippen LogP contribution in [0.1, 0.15) is 35.9 Å². The van der Waals surface area contributed by atoms with Crippen molar-refractivity contribution in [2.45, 2.75) is 32.4 Å². The van der Waals surface area contributed by atoms with Gasteiger partial charge in [-0.25, -0.2) is 0 Å². The highest BCUT2D eigenvalue weighted by Crippen LogP contribution is 2.34. The lowest BCUT2D eigenvalue weighted by molar-refractivity contribution is 0.207. The Labute approximate surface area is 135 Å². The van der Waals surface area contributed by atoms with Crippen LogP contribution >= 0.6 is 0 Å². The van der Waals surface area contributed by atoms with Gasteiger partial charge in [-0.3, -0.25) is 10.00 Å². The second kappa shape index (κ2) is 6.01. The molecule has 3 aromatic rings. The predicted molar refractivity (Wildman–Crippen MR) is 87.6 cm³/mol. The minimum atomic E-state index is 0.315. The predicted octanol–water partition coefficient (Wildman–Crippen LogP) is 3.71. The number of nitrogens with zero attached hydrogens (tertiary/aromatic N) is 3. The van der Waals surface area contributed by atoms with Crippen molar-refractivity contribution in [3.05, 3.63) is 59.6 Å². The molecule has 1 aromatic carbocycles. The molecule has 5 nitrogen and oxygen atoms in total. The molecule has 1 atom stereocenters. The molecule has 0 saturated carbocycles. The quantitative estimate of drug-likeness (QED) is 0.798. The molecule has 3 heterocycles. The number of benzene rings is 1. The number of hydrogen-bond acceptors (Lipinski definition) is 4. The highest BCUT2D eigenvalue weighted by atomic mass is 16.5. The third-order valence-corrected chi connectivity index (χ3v) is 4.49. The van der Waals surface area contributed by atoms with Gasteiger partial charge in [0.25, 0.3) is 0 Å². The van der Waals surface area contributed by atoms with Crippen LogP contribution in [0, 0.1) is 6.92 Å². The molecule has 1 N–H and O–H groups in total. The van der Waals surface area contributed by atoms with Crippen LogP contribution in [0.2, 0.25) is 0 Å². The van der Waals surface area contributed by atoms with E-state index in [4.69, 9.17) is 4.52 Å². The third-order valence-electron chi connectivity index (χ3n) is 4.49. The summed E-state index contributed by atoms with van der Waals surface area (Å²) in [5.41, 5.74) is 4.44. The van der Waals surface area contributed by atoms with Crippen molar-refractivity contribution in [2.75, 3.05) is 6.54 Å². The van der Waals surface area contributed by atoms with Crippen LogP contribution in [0.5, 0.6) is 0 Å². The number of aryl methyl sites for hydroxylation is 1. The van der Waals surface area contributed by atoms with E-state index in [1.54, 1.807) is 0 Å². The Hall–Kier alpha value is -2.40. The standard InChI is InChI=1S/C18H20N4O/c1-13-10-17(23-21-13)16-8-5-9-22(16)12-15-11-19-20-18(15)14-6-3-2-4-7-14/h2-4,6-7,10-11,16H,5,8-9,12H2,1H3,(H,19,20)/t16-/m1/s1. The first kappa shape index (κ1) is 14.2. The smallest absolute Gasteiger partial charge is 0.154 e. The molecule has 0 bridgehead atoms. The van der Waals surface area contributed by atoms with Gasteiger partial charge in [0.1, 0.15) is 0 Å². The minimum absolute atomic E-state index is 0.315. The van der Waals surface area contributed by atoms with Gasteiger partial charge in [0.05, 0.1) is 23.6 Å². The normalized spacial score (nSPS) is 18.6. The van der Waals surface area contributed by atoms with Gasteiger partial charge in [0, 0.05) is 18.2 Å². The van der Waals surface area contributed by atoms with E-state index in [1.807, 2.05) is 19.2 Å². The van der Waals surface area contributed by atoms with Crippen LogP contribution in [0.3, 0.4) is 0 Å². The molecular formula is C18H20N4O. The van der Waals surface area contributed by atoms with Crippen molar-refractivity contribution in [1.29, 1.82) is 0 Å². The SMILES string of the molecule is Cc1cc([C@H]2CCCN2Cc2cn[nH]c2-c2ccccc2)on1. The number of H-pyrrole nitrogens is 1. The van der Waals surface area contributed by atoms with E-state index in [0.29, 0.717) is 6.04 Å². The molecule has 1 saturated heterocycles. The molecule has 0 aliphatic carbocycles. The monoisotopic (exact) mass is 308 g/mol. The first-order valence-corrected chi connectivity index (χ1v) is 8.06. The fourth-order valence-corrected chi connectivity index (χ4v) is 3.38. The van der Waals surface area contributed by atoms with Gasteiger partial charge in [0.2, 0.25) is 0 Å². The zero-order chi connectivity index (χ0) is 15.6.